The Bertz CT molecular complexity index is 2880. The van der Waals surface area contributed by atoms with Crippen LogP contribution in [0.3, 0.4) is 0 Å². The second kappa shape index (κ2) is 10.8. The lowest BCUT2D eigenvalue weighted by Crippen LogP contribution is -2.93. The number of aromatic nitrogens is 3. The standard InChI is InChI=1S/C46H29B2N3OSi/c1-5-18-38-32(12-1)48-35-15-4-8-22-42(35)53(43-23-9-19-39(52-38)44(43)48)40-20-6-2-13-33(40)47(34-14-3-7-21-41(34)53)30-24-26-31(27-25-30)51-36-16-10-28-49-45(36)46-37(51)17-11-29-50-46/h1-29H. The number of pyridine rings is 2. The van der Waals surface area contributed by atoms with Crippen molar-refractivity contribution in [3.8, 4) is 17.2 Å². The van der Waals surface area contributed by atoms with Crippen molar-refractivity contribution >= 4 is 97.1 Å². The van der Waals surface area contributed by atoms with Gasteiger partial charge in [-0.05, 0) is 80.2 Å². The van der Waals surface area contributed by atoms with Gasteiger partial charge in [0.05, 0.1) is 11.0 Å². The van der Waals surface area contributed by atoms with Gasteiger partial charge in [-0.2, -0.15) is 0 Å². The quantitative estimate of drug-likeness (QED) is 0.263. The maximum Gasteiger partial charge on any atom is 0.250 e. The van der Waals surface area contributed by atoms with E-state index in [9.17, 15) is 0 Å². The molecular weight excluding hydrogens is 660 g/mol. The lowest BCUT2D eigenvalue weighted by atomic mass is 9.35. The van der Waals surface area contributed by atoms with Crippen LogP contribution in [0.1, 0.15) is 0 Å². The summed E-state index contributed by atoms with van der Waals surface area (Å²) in [5.74, 6) is 1.94. The molecule has 0 saturated heterocycles. The minimum Gasteiger partial charge on any atom is -0.458 e. The van der Waals surface area contributed by atoms with E-state index in [0.717, 1.165) is 39.3 Å². The van der Waals surface area contributed by atoms with Gasteiger partial charge in [0, 0.05) is 18.1 Å². The van der Waals surface area contributed by atoms with E-state index >= 15 is 0 Å². The molecule has 0 radical (unpaired) electrons. The van der Waals surface area contributed by atoms with Gasteiger partial charge in [-0.15, -0.1) is 0 Å². The van der Waals surface area contributed by atoms with E-state index in [0.29, 0.717) is 0 Å². The molecule has 7 heteroatoms. The fraction of sp³-hybridized carbons (Fsp3) is 0. The number of hydrogen-bond donors (Lipinski definition) is 0. The molecule has 9 aromatic rings. The van der Waals surface area contributed by atoms with Gasteiger partial charge < -0.3 is 9.30 Å². The monoisotopic (exact) mass is 689 g/mol. The van der Waals surface area contributed by atoms with Crippen LogP contribution in [0.5, 0.6) is 11.5 Å². The zero-order chi connectivity index (χ0) is 34.7. The first-order valence-corrected chi connectivity index (χ1v) is 20.3. The molecule has 4 nitrogen and oxygen atoms in total. The Kier molecular flexibility index (Phi) is 5.94. The highest BCUT2D eigenvalue weighted by atomic mass is 28.3. The Morgan fingerprint density at radius 2 is 0.943 bits per heavy atom. The van der Waals surface area contributed by atoms with Crippen molar-refractivity contribution in [1.82, 2.24) is 14.5 Å². The predicted molar refractivity (Wildman–Crippen MR) is 222 cm³/mol. The lowest BCUT2D eigenvalue weighted by Gasteiger charge is -2.48. The Labute approximate surface area is 308 Å². The van der Waals surface area contributed by atoms with Crippen LogP contribution in [0.4, 0.5) is 0 Å². The van der Waals surface area contributed by atoms with E-state index < -0.39 is 8.07 Å². The van der Waals surface area contributed by atoms with E-state index in [1.54, 1.807) is 0 Å². The average molecular weight is 689 g/mol. The Balaban J connectivity index is 1.10. The molecule has 12 rings (SSSR count). The minimum absolute atomic E-state index is 0.0810. The van der Waals surface area contributed by atoms with Crippen LogP contribution in [0.2, 0.25) is 0 Å². The van der Waals surface area contributed by atoms with E-state index in [1.165, 1.54) is 53.5 Å². The number of nitrogens with zero attached hydrogens (tertiary/aromatic N) is 3. The average Bonchev–Trinajstić information content (AvgIpc) is 3.56. The van der Waals surface area contributed by atoms with Crippen LogP contribution in [-0.4, -0.2) is 36.0 Å². The number of fused-ring (bicyclic) bond motifs is 13. The maximum atomic E-state index is 6.75. The van der Waals surface area contributed by atoms with Crippen LogP contribution in [0.15, 0.2) is 176 Å². The zero-order valence-corrected chi connectivity index (χ0v) is 29.6. The van der Waals surface area contributed by atoms with Crippen molar-refractivity contribution in [2.45, 2.75) is 0 Å². The number of benzene rings is 6. The Hall–Kier alpha value is -6.43. The van der Waals surface area contributed by atoms with Crippen molar-refractivity contribution in [1.29, 1.82) is 0 Å². The molecule has 0 aliphatic carbocycles. The highest BCUT2D eigenvalue weighted by molar-refractivity contribution is 7.31. The molecule has 0 amide bonds. The Morgan fingerprint density at radius 1 is 0.434 bits per heavy atom. The van der Waals surface area contributed by atoms with Crippen molar-refractivity contribution in [2.75, 3.05) is 0 Å². The summed E-state index contributed by atoms with van der Waals surface area (Å²) in [4.78, 5) is 9.43. The number of para-hydroxylation sites is 1. The van der Waals surface area contributed by atoms with Gasteiger partial charge in [0.15, 0.2) is 8.07 Å². The van der Waals surface area contributed by atoms with Gasteiger partial charge in [-0.3, -0.25) is 9.97 Å². The number of ether oxygens (including phenoxy) is 1. The summed E-state index contributed by atoms with van der Waals surface area (Å²) in [6.07, 6.45) is 3.69. The van der Waals surface area contributed by atoms with Gasteiger partial charge >= 0.3 is 0 Å². The highest BCUT2D eigenvalue weighted by Gasteiger charge is 2.56. The summed E-state index contributed by atoms with van der Waals surface area (Å²) >= 11 is 0. The van der Waals surface area contributed by atoms with Crippen molar-refractivity contribution < 1.29 is 4.74 Å². The molecule has 0 N–H and O–H groups in total. The lowest BCUT2D eigenvalue weighted by molar-refractivity contribution is 0.488. The Morgan fingerprint density at radius 3 is 1.57 bits per heavy atom. The third-order valence-electron chi connectivity index (χ3n) is 12.0. The van der Waals surface area contributed by atoms with Crippen LogP contribution in [-0.2, 0) is 0 Å². The molecule has 6 heterocycles. The summed E-state index contributed by atoms with van der Waals surface area (Å²) in [6.45, 7) is 0.203. The SMILES string of the molecule is c1ccc2c(c1)Oc1cccc3c1B2c1ccccc1[Si]31c2ccccc2B(c2ccc(-n3c4cccnc4c4ncccc43)cc2)c2ccccc21. The normalized spacial score (nSPS) is 14.3. The van der Waals surface area contributed by atoms with E-state index in [1.807, 2.05) is 24.5 Å². The van der Waals surface area contributed by atoms with E-state index in [2.05, 4.69) is 156 Å². The molecule has 0 atom stereocenters. The molecule has 0 saturated carbocycles. The first-order chi connectivity index (χ1) is 26.3. The summed E-state index contributed by atoms with van der Waals surface area (Å²) in [7, 11) is -2.82. The predicted octanol–water partition coefficient (Wildman–Crippen LogP) is 2.72. The van der Waals surface area contributed by atoms with Crippen LogP contribution in [0.25, 0.3) is 27.8 Å². The van der Waals surface area contributed by atoms with Crippen LogP contribution < -0.4 is 58.3 Å². The van der Waals surface area contributed by atoms with Gasteiger partial charge in [0.25, 0.3) is 6.71 Å². The summed E-state index contributed by atoms with van der Waals surface area (Å²) < 4.78 is 9.03. The molecule has 1 spiro atoms. The smallest absolute Gasteiger partial charge is 0.250 e. The molecule has 53 heavy (non-hydrogen) atoms. The maximum absolute atomic E-state index is 6.75. The number of hydrogen-bond acceptors (Lipinski definition) is 3. The van der Waals surface area contributed by atoms with Crippen LogP contribution >= 0.6 is 0 Å². The molecule has 0 bridgehead atoms. The zero-order valence-electron chi connectivity index (χ0n) is 28.6. The third kappa shape index (κ3) is 3.76. The van der Waals surface area contributed by atoms with Gasteiger partial charge in [-0.25, -0.2) is 0 Å². The largest absolute Gasteiger partial charge is 0.458 e. The topological polar surface area (TPSA) is 39.9 Å². The first-order valence-electron chi connectivity index (χ1n) is 18.3. The van der Waals surface area contributed by atoms with E-state index in [4.69, 9.17) is 14.7 Å². The van der Waals surface area contributed by atoms with Crippen molar-refractivity contribution in [2.24, 2.45) is 0 Å². The van der Waals surface area contributed by atoms with Crippen LogP contribution in [0, 0.1) is 0 Å². The molecule has 6 aromatic carbocycles. The minimum atomic E-state index is -2.82. The molecule has 3 aromatic heterocycles. The number of rotatable bonds is 2. The second-order valence-electron chi connectivity index (χ2n) is 14.4. The fourth-order valence-corrected chi connectivity index (χ4v) is 15.9. The summed E-state index contributed by atoms with van der Waals surface area (Å²) in [5, 5.41) is 5.85. The van der Waals surface area contributed by atoms with Crippen molar-refractivity contribution in [3.63, 3.8) is 0 Å². The van der Waals surface area contributed by atoms with E-state index in [-0.39, 0.29) is 13.4 Å². The van der Waals surface area contributed by atoms with Gasteiger partial charge in [0.2, 0.25) is 6.71 Å². The third-order valence-corrected chi connectivity index (χ3v) is 17.0. The second-order valence-corrected chi connectivity index (χ2v) is 18.1. The molecule has 0 fully saturated rings. The molecule has 3 aliphatic heterocycles. The highest BCUT2D eigenvalue weighted by Crippen LogP contribution is 2.29. The summed E-state index contributed by atoms with van der Waals surface area (Å²) in [5.41, 5.74) is 13.1. The van der Waals surface area contributed by atoms with Gasteiger partial charge in [0.1, 0.15) is 22.5 Å². The molecule has 244 valence electrons. The molecule has 0 unspecified atom stereocenters. The van der Waals surface area contributed by atoms with Gasteiger partial charge in [-0.1, -0.05) is 137 Å². The van der Waals surface area contributed by atoms with Crippen molar-refractivity contribution in [3.05, 3.63) is 176 Å². The molecular formula is C46H29B2N3OSi. The molecule has 3 aliphatic rings. The fourth-order valence-electron chi connectivity index (χ4n) is 10.1. The summed E-state index contributed by atoms with van der Waals surface area (Å²) in [6, 6.07) is 60.8. The first kappa shape index (κ1) is 29.2.